The van der Waals surface area contributed by atoms with Gasteiger partial charge in [0.15, 0.2) is 0 Å². The molecule has 50 valence electrons. The minimum absolute atomic E-state index is 0.920. The monoisotopic (exact) mass is 144 g/mol. The van der Waals surface area contributed by atoms with E-state index in [1.54, 1.807) is 13.8 Å². The molecule has 0 saturated carbocycles. The first-order valence-corrected chi connectivity index (χ1v) is 3.00. The maximum absolute atomic E-state index is 8.99. The molecule has 9 heavy (non-hydrogen) atoms. The molecule has 0 radical (unpaired) electrons. The smallest absolute Gasteiger partial charge is 0.120 e. The lowest BCUT2D eigenvalue weighted by Crippen LogP contribution is -2.14. The number of allylic oxidation sites excluding steroid dienone is 1. The molecule has 0 aromatic heterocycles. The number of halogens is 1. The molecule has 0 saturated heterocycles. The highest BCUT2D eigenvalue weighted by Crippen LogP contribution is 1.95. The van der Waals surface area contributed by atoms with Gasteiger partial charge in [0.2, 0.25) is 0 Å². The quantitative estimate of drug-likeness (QED) is 0.511. The van der Waals surface area contributed by atoms with Crippen molar-refractivity contribution in [3.8, 4) is 11.8 Å². The summed E-state index contributed by atoms with van der Waals surface area (Å²) in [6, 6.07) is 0. The van der Waals surface area contributed by atoms with E-state index >= 15 is 0 Å². The summed E-state index contributed by atoms with van der Waals surface area (Å²) in [5.41, 5.74) is 0.384. The topological polar surface area (TPSA) is 20.2 Å². The van der Waals surface area contributed by atoms with Crippen LogP contribution in [0.4, 0.5) is 0 Å². The van der Waals surface area contributed by atoms with E-state index in [-0.39, 0.29) is 0 Å². The third-order valence-corrected chi connectivity index (χ3v) is 0.650. The summed E-state index contributed by atoms with van der Waals surface area (Å²) < 4.78 is 0. The van der Waals surface area contributed by atoms with Crippen LogP contribution in [0.3, 0.4) is 0 Å². The highest BCUT2D eigenvalue weighted by molar-refractivity contribution is 6.25. The Morgan fingerprint density at radius 1 is 1.56 bits per heavy atom. The van der Waals surface area contributed by atoms with Crippen molar-refractivity contribution < 1.29 is 5.11 Å². The van der Waals surface area contributed by atoms with Crippen molar-refractivity contribution >= 4 is 11.6 Å². The average Bonchev–Trinajstić information content (AvgIpc) is 1.63. The highest BCUT2D eigenvalue weighted by Gasteiger charge is 2.04. The van der Waals surface area contributed by atoms with E-state index in [1.807, 2.05) is 0 Å². The van der Waals surface area contributed by atoms with Gasteiger partial charge in [0.25, 0.3) is 0 Å². The molecule has 0 bridgehead atoms. The maximum atomic E-state index is 8.99. The molecule has 1 N–H and O–H groups in total. The second-order valence-corrected chi connectivity index (χ2v) is 2.37. The maximum Gasteiger partial charge on any atom is 0.120 e. The Balaban J connectivity index is 3.88. The van der Waals surface area contributed by atoms with Gasteiger partial charge >= 0.3 is 0 Å². The molecule has 0 aliphatic heterocycles. The van der Waals surface area contributed by atoms with Crippen molar-refractivity contribution in [2.24, 2.45) is 0 Å². The zero-order chi connectivity index (χ0) is 7.33. The highest BCUT2D eigenvalue weighted by atomic mass is 35.5. The van der Waals surface area contributed by atoms with Gasteiger partial charge in [-0.25, -0.2) is 0 Å². The van der Waals surface area contributed by atoms with Crippen LogP contribution in [0, 0.1) is 11.8 Å². The van der Waals surface area contributed by atoms with Crippen LogP contribution in [0.2, 0.25) is 0 Å². The van der Waals surface area contributed by atoms with Crippen LogP contribution in [0.1, 0.15) is 13.8 Å². The van der Waals surface area contributed by atoms with Crippen LogP contribution in [0.25, 0.3) is 0 Å². The molecule has 0 unspecified atom stereocenters. The SMILES string of the molecule is CC(C)(O)C#C/C=C\Cl. The van der Waals surface area contributed by atoms with Crippen LogP contribution < -0.4 is 0 Å². The average molecular weight is 145 g/mol. The molecular formula is C7H9ClO. The largest absolute Gasteiger partial charge is 0.378 e. The first-order chi connectivity index (χ1) is 4.06. The molecule has 2 heteroatoms. The molecule has 0 heterocycles. The van der Waals surface area contributed by atoms with Crippen LogP contribution in [0.15, 0.2) is 11.6 Å². The third kappa shape index (κ3) is 7.55. The number of hydrogen-bond donors (Lipinski definition) is 1. The van der Waals surface area contributed by atoms with Gasteiger partial charge in [-0.05, 0) is 19.9 Å². The first-order valence-electron chi connectivity index (χ1n) is 2.56. The summed E-state index contributed by atoms with van der Waals surface area (Å²) >= 11 is 5.17. The molecule has 0 atom stereocenters. The Morgan fingerprint density at radius 2 is 2.11 bits per heavy atom. The van der Waals surface area contributed by atoms with Gasteiger partial charge in [-0.2, -0.15) is 0 Å². The van der Waals surface area contributed by atoms with E-state index in [9.17, 15) is 0 Å². The van der Waals surface area contributed by atoms with E-state index in [0.717, 1.165) is 0 Å². The summed E-state index contributed by atoms with van der Waals surface area (Å²) in [5.74, 6) is 5.12. The lowest BCUT2D eigenvalue weighted by Gasteiger charge is -2.04. The third-order valence-electron chi connectivity index (χ3n) is 0.524. The van der Waals surface area contributed by atoms with Crippen molar-refractivity contribution in [2.75, 3.05) is 0 Å². The van der Waals surface area contributed by atoms with Crippen molar-refractivity contribution in [3.63, 3.8) is 0 Å². The van der Waals surface area contributed by atoms with Gasteiger partial charge in [-0.3, -0.25) is 0 Å². The predicted molar refractivity (Wildman–Crippen MR) is 39.1 cm³/mol. The summed E-state index contributed by atoms with van der Waals surface area (Å²) in [6.07, 6.45) is 1.47. The Labute approximate surface area is 60.3 Å². The van der Waals surface area contributed by atoms with Gasteiger partial charge in [-0.15, -0.1) is 0 Å². The summed E-state index contributed by atoms with van der Waals surface area (Å²) in [5, 5.41) is 8.99. The zero-order valence-corrected chi connectivity index (χ0v) is 6.24. The normalized spacial score (nSPS) is 11.1. The van der Waals surface area contributed by atoms with E-state index in [1.165, 1.54) is 11.6 Å². The van der Waals surface area contributed by atoms with Gasteiger partial charge in [0.05, 0.1) is 0 Å². The molecule has 0 aromatic carbocycles. The van der Waals surface area contributed by atoms with E-state index in [0.29, 0.717) is 0 Å². The van der Waals surface area contributed by atoms with E-state index in [4.69, 9.17) is 16.7 Å². The summed E-state index contributed by atoms with van der Waals surface area (Å²) in [7, 11) is 0. The minimum Gasteiger partial charge on any atom is -0.378 e. The molecule has 0 aromatic rings. The molecule has 0 amide bonds. The summed E-state index contributed by atoms with van der Waals surface area (Å²) in [6.45, 7) is 3.23. The Morgan fingerprint density at radius 3 is 2.44 bits per heavy atom. The van der Waals surface area contributed by atoms with Gasteiger partial charge in [0, 0.05) is 5.54 Å². The fourth-order valence-corrected chi connectivity index (χ4v) is 0.313. The van der Waals surface area contributed by atoms with Crippen LogP contribution in [-0.4, -0.2) is 10.7 Å². The Kier molecular flexibility index (Phi) is 3.37. The number of rotatable bonds is 0. The molecule has 0 aliphatic carbocycles. The molecule has 0 aliphatic rings. The van der Waals surface area contributed by atoms with Crippen LogP contribution in [0.5, 0.6) is 0 Å². The zero-order valence-electron chi connectivity index (χ0n) is 5.48. The Hall–Kier alpha value is -0.450. The van der Waals surface area contributed by atoms with Crippen molar-refractivity contribution in [1.82, 2.24) is 0 Å². The first kappa shape index (κ1) is 8.55. The van der Waals surface area contributed by atoms with Crippen LogP contribution in [-0.2, 0) is 0 Å². The van der Waals surface area contributed by atoms with Crippen molar-refractivity contribution in [2.45, 2.75) is 19.4 Å². The molecule has 0 spiro atoms. The van der Waals surface area contributed by atoms with Gasteiger partial charge < -0.3 is 5.11 Å². The fourth-order valence-electron chi connectivity index (χ4n) is 0.250. The lowest BCUT2D eigenvalue weighted by atomic mass is 10.1. The standard InChI is InChI=1S/C7H9ClO/c1-7(2,9)5-3-4-6-8/h4,6,9H,1-2H3/b6-4-. The Bertz CT molecular complexity index is 154. The van der Waals surface area contributed by atoms with Crippen molar-refractivity contribution in [3.05, 3.63) is 11.6 Å². The molecule has 0 fully saturated rings. The second kappa shape index (κ2) is 3.55. The van der Waals surface area contributed by atoms with Crippen LogP contribution >= 0.6 is 11.6 Å². The van der Waals surface area contributed by atoms with Gasteiger partial charge in [-0.1, -0.05) is 23.4 Å². The summed E-state index contributed by atoms with van der Waals surface area (Å²) in [4.78, 5) is 0. The fraction of sp³-hybridized carbons (Fsp3) is 0.429. The number of aliphatic hydroxyl groups is 1. The molecular weight excluding hydrogens is 136 g/mol. The van der Waals surface area contributed by atoms with Crippen molar-refractivity contribution in [1.29, 1.82) is 0 Å². The number of hydrogen-bond acceptors (Lipinski definition) is 1. The molecule has 0 rings (SSSR count). The minimum atomic E-state index is -0.920. The van der Waals surface area contributed by atoms with Gasteiger partial charge in [0.1, 0.15) is 5.60 Å². The van der Waals surface area contributed by atoms with E-state index < -0.39 is 5.60 Å². The predicted octanol–water partition coefficient (Wildman–Crippen LogP) is 1.51. The van der Waals surface area contributed by atoms with E-state index in [2.05, 4.69) is 11.8 Å². The lowest BCUT2D eigenvalue weighted by molar-refractivity contribution is 0.143. The second-order valence-electron chi connectivity index (χ2n) is 2.12. The molecule has 1 nitrogen and oxygen atoms in total.